The van der Waals surface area contributed by atoms with Crippen LogP contribution in [0.4, 0.5) is 0 Å². The quantitative estimate of drug-likeness (QED) is 0.682. The number of sulfonamides is 1. The molecule has 17 heavy (non-hydrogen) atoms. The second-order valence-electron chi connectivity index (χ2n) is 5.29. The molecule has 1 saturated heterocycles. The molecule has 0 aromatic heterocycles. The molecule has 6 heteroatoms. The summed E-state index contributed by atoms with van der Waals surface area (Å²) in [6.07, 6.45) is 4.16. The number of ether oxygens (including phenoxy) is 1. The number of methoxy groups -OCH3 is 1. The maximum Gasteiger partial charge on any atom is 0.211 e. The zero-order valence-corrected chi connectivity index (χ0v) is 11.2. The van der Waals surface area contributed by atoms with Gasteiger partial charge in [-0.1, -0.05) is 0 Å². The van der Waals surface area contributed by atoms with Crippen LogP contribution >= 0.6 is 0 Å². The Morgan fingerprint density at radius 3 is 2.76 bits per heavy atom. The first-order valence-corrected chi connectivity index (χ1v) is 7.92. The minimum Gasteiger partial charge on any atom is -0.383 e. The second kappa shape index (κ2) is 5.22. The Bertz CT molecular complexity index is 346. The van der Waals surface area contributed by atoms with Crippen LogP contribution in [0.1, 0.15) is 25.7 Å². The average molecular weight is 262 g/mol. The van der Waals surface area contributed by atoms with Gasteiger partial charge < -0.3 is 10.1 Å². The Kier molecular flexibility index (Phi) is 4.07. The fourth-order valence-corrected chi connectivity index (χ4v) is 3.94. The minimum atomic E-state index is -3.11. The van der Waals surface area contributed by atoms with Crippen molar-refractivity contribution in [2.45, 2.75) is 31.2 Å². The van der Waals surface area contributed by atoms with Gasteiger partial charge >= 0.3 is 0 Å². The molecule has 2 N–H and O–H groups in total. The molecule has 0 amide bonds. The van der Waals surface area contributed by atoms with Crippen LogP contribution in [0.15, 0.2) is 0 Å². The van der Waals surface area contributed by atoms with E-state index in [4.69, 9.17) is 4.74 Å². The summed E-state index contributed by atoms with van der Waals surface area (Å²) in [6, 6.07) is 0. The van der Waals surface area contributed by atoms with Crippen LogP contribution in [0.25, 0.3) is 0 Å². The van der Waals surface area contributed by atoms with Crippen LogP contribution in [0.2, 0.25) is 0 Å². The zero-order chi connectivity index (χ0) is 12.4. The largest absolute Gasteiger partial charge is 0.383 e. The van der Waals surface area contributed by atoms with Crippen molar-refractivity contribution in [3.63, 3.8) is 0 Å². The summed E-state index contributed by atoms with van der Waals surface area (Å²) >= 11 is 0. The van der Waals surface area contributed by atoms with Gasteiger partial charge in [-0.05, 0) is 38.1 Å². The Labute approximate surface area is 103 Å². The molecule has 2 fully saturated rings. The van der Waals surface area contributed by atoms with E-state index in [-0.39, 0.29) is 11.3 Å². The fraction of sp³-hybridized carbons (Fsp3) is 1.00. The predicted molar refractivity (Wildman–Crippen MR) is 66.4 cm³/mol. The van der Waals surface area contributed by atoms with Gasteiger partial charge in [-0.2, -0.15) is 0 Å². The topological polar surface area (TPSA) is 67.4 Å². The maximum atomic E-state index is 11.8. The van der Waals surface area contributed by atoms with Gasteiger partial charge in [0.25, 0.3) is 0 Å². The van der Waals surface area contributed by atoms with Gasteiger partial charge in [0.15, 0.2) is 0 Å². The third kappa shape index (κ3) is 3.91. The van der Waals surface area contributed by atoms with E-state index < -0.39 is 10.0 Å². The van der Waals surface area contributed by atoms with Crippen molar-refractivity contribution in [1.29, 1.82) is 0 Å². The van der Waals surface area contributed by atoms with Crippen LogP contribution in [0.3, 0.4) is 0 Å². The molecule has 0 radical (unpaired) electrons. The van der Waals surface area contributed by atoms with Gasteiger partial charge in [0, 0.05) is 13.7 Å². The van der Waals surface area contributed by atoms with Crippen LogP contribution in [0, 0.1) is 5.92 Å². The molecule has 100 valence electrons. The Hall–Kier alpha value is -0.170. The molecule has 1 atom stereocenters. The highest BCUT2D eigenvalue weighted by Gasteiger charge is 2.35. The van der Waals surface area contributed by atoms with E-state index in [0.29, 0.717) is 19.1 Å². The standard InChI is InChI=1S/C11H22N2O3S/c1-16-9-11(5-2-6-12-11)8-13-17(14,15)7-10-3-4-10/h10,12-13H,2-9H2,1H3. The highest BCUT2D eigenvalue weighted by atomic mass is 32.2. The van der Waals surface area contributed by atoms with Crippen LogP contribution in [0.5, 0.6) is 0 Å². The summed E-state index contributed by atoms with van der Waals surface area (Å²) in [5, 5.41) is 3.36. The first kappa shape index (κ1) is 13.3. The number of hydrogen-bond acceptors (Lipinski definition) is 4. The number of nitrogens with one attached hydrogen (secondary N) is 2. The fourth-order valence-electron chi connectivity index (χ4n) is 2.37. The smallest absolute Gasteiger partial charge is 0.211 e. The lowest BCUT2D eigenvalue weighted by atomic mass is 9.99. The van der Waals surface area contributed by atoms with Crippen LogP contribution < -0.4 is 10.0 Å². The van der Waals surface area contributed by atoms with Gasteiger partial charge in [-0.25, -0.2) is 13.1 Å². The Balaban J connectivity index is 1.85. The molecule has 0 spiro atoms. The van der Waals surface area contributed by atoms with Crippen molar-refractivity contribution in [3.8, 4) is 0 Å². The third-order valence-electron chi connectivity index (χ3n) is 3.54. The molecule has 0 bridgehead atoms. The monoisotopic (exact) mass is 262 g/mol. The van der Waals surface area contributed by atoms with Crippen molar-refractivity contribution < 1.29 is 13.2 Å². The van der Waals surface area contributed by atoms with Crippen molar-refractivity contribution in [2.75, 3.05) is 32.6 Å². The molecule has 1 heterocycles. The summed E-state index contributed by atoms with van der Waals surface area (Å²) in [4.78, 5) is 0. The van der Waals surface area contributed by atoms with E-state index in [1.54, 1.807) is 7.11 Å². The van der Waals surface area contributed by atoms with Crippen molar-refractivity contribution in [2.24, 2.45) is 5.92 Å². The van der Waals surface area contributed by atoms with Crippen LogP contribution in [-0.4, -0.2) is 46.5 Å². The Morgan fingerprint density at radius 1 is 1.47 bits per heavy atom. The summed E-state index contributed by atoms with van der Waals surface area (Å²) in [6.45, 7) is 1.93. The lowest BCUT2D eigenvalue weighted by Gasteiger charge is -2.28. The highest BCUT2D eigenvalue weighted by molar-refractivity contribution is 7.89. The summed E-state index contributed by atoms with van der Waals surface area (Å²) in [5.74, 6) is 0.679. The molecule has 1 aliphatic carbocycles. The van der Waals surface area contributed by atoms with Crippen molar-refractivity contribution in [3.05, 3.63) is 0 Å². The first-order valence-electron chi connectivity index (χ1n) is 6.27. The maximum absolute atomic E-state index is 11.8. The van der Waals surface area contributed by atoms with Crippen molar-refractivity contribution in [1.82, 2.24) is 10.0 Å². The highest BCUT2D eigenvalue weighted by Crippen LogP contribution is 2.30. The second-order valence-corrected chi connectivity index (χ2v) is 7.14. The average Bonchev–Trinajstić information content (AvgIpc) is 2.94. The van der Waals surface area contributed by atoms with Gasteiger partial charge in [0.05, 0.1) is 17.9 Å². The lowest BCUT2D eigenvalue weighted by molar-refractivity contribution is 0.122. The number of rotatable bonds is 7. The Morgan fingerprint density at radius 2 is 2.24 bits per heavy atom. The molecule has 2 aliphatic rings. The van der Waals surface area contributed by atoms with E-state index in [9.17, 15) is 8.42 Å². The summed E-state index contributed by atoms with van der Waals surface area (Å²) in [5.41, 5.74) is -0.203. The van der Waals surface area contributed by atoms with Gasteiger partial charge in [-0.15, -0.1) is 0 Å². The molecule has 1 aliphatic heterocycles. The molecular formula is C11H22N2O3S. The summed E-state index contributed by atoms with van der Waals surface area (Å²) < 4.78 is 31.5. The van der Waals surface area contributed by atoms with E-state index >= 15 is 0 Å². The van der Waals surface area contributed by atoms with Crippen LogP contribution in [-0.2, 0) is 14.8 Å². The zero-order valence-electron chi connectivity index (χ0n) is 10.4. The molecule has 1 saturated carbocycles. The summed E-state index contributed by atoms with van der Waals surface area (Å²) in [7, 11) is -1.45. The molecule has 5 nitrogen and oxygen atoms in total. The van der Waals surface area contributed by atoms with Gasteiger partial charge in [0.1, 0.15) is 0 Å². The van der Waals surface area contributed by atoms with E-state index in [0.717, 1.165) is 32.2 Å². The molecule has 2 rings (SSSR count). The lowest BCUT2D eigenvalue weighted by Crippen LogP contribution is -2.53. The van der Waals surface area contributed by atoms with Gasteiger partial charge in [0.2, 0.25) is 10.0 Å². The van der Waals surface area contributed by atoms with Crippen molar-refractivity contribution >= 4 is 10.0 Å². The number of hydrogen-bond donors (Lipinski definition) is 2. The normalized spacial score (nSPS) is 29.7. The van der Waals surface area contributed by atoms with Gasteiger partial charge in [-0.3, -0.25) is 0 Å². The molecule has 1 unspecified atom stereocenters. The SMILES string of the molecule is COCC1(CNS(=O)(=O)CC2CC2)CCCN1. The predicted octanol–water partition coefficient (Wildman–Crippen LogP) is 0.0844. The first-order chi connectivity index (χ1) is 8.05. The van der Waals surface area contributed by atoms with E-state index in [1.165, 1.54) is 0 Å². The molecule has 0 aromatic rings. The minimum absolute atomic E-state index is 0.203. The van der Waals surface area contributed by atoms with E-state index in [2.05, 4.69) is 10.0 Å². The molecule has 0 aromatic carbocycles. The van der Waals surface area contributed by atoms with E-state index in [1.807, 2.05) is 0 Å². The third-order valence-corrected chi connectivity index (χ3v) is 5.03. The molecular weight excluding hydrogens is 240 g/mol.